The molecule has 14 heavy (non-hydrogen) atoms. The molecule has 0 aliphatic carbocycles. The summed E-state index contributed by atoms with van der Waals surface area (Å²) in [5.74, 6) is 0.378. The number of carbonyl (C=O) groups is 1. The van der Waals surface area contributed by atoms with Crippen molar-refractivity contribution in [2.45, 2.75) is 6.92 Å². The van der Waals surface area contributed by atoms with Crippen LogP contribution in [0.4, 0.5) is 0 Å². The molecule has 0 unspecified atom stereocenters. The van der Waals surface area contributed by atoms with Gasteiger partial charge in [-0.05, 0) is 19.1 Å². The molecule has 0 atom stereocenters. The highest BCUT2D eigenvalue weighted by Gasteiger charge is 2.11. The number of rotatable bonds is 2. The Morgan fingerprint density at radius 1 is 1.57 bits per heavy atom. The van der Waals surface area contributed by atoms with E-state index in [1.54, 1.807) is 6.07 Å². The summed E-state index contributed by atoms with van der Waals surface area (Å²) in [6.07, 6.45) is 0. The summed E-state index contributed by atoms with van der Waals surface area (Å²) in [7, 11) is 0. The van der Waals surface area contributed by atoms with E-state index in [1.807, 2.05) is 13.0 Å². The molecule has 2 rings (SSSR count). The Morgan fingerprint density at radius 2 is 2.36 bits per heavy atom. The number of aromatic carboxylic acids is 1. The summed E-state index contributed by atoms with van der Waals surface area (Å²) in [6.45, 7) is 1.83. The van der Waals surface area contributed by atoms with Gasteiger partial charge in [-0.3, -0.25) is 0 Å². The Kier molecular flexibility index (Phi) is 2.09. The second-order valence-corrected chi connectivity index (χ2v) is 3.61. The average molecular weight is 209 g/mol. The van der Waals surface area contributed by atoms with Gasteiger partial charge in [0.15, 0.2) is 16.5 Å². The van der Waals surface area contributed by atoms with Crippen molar-refractivity contribution >= 4 is 17.3 Å². The van der Waals surface area contributed by atoms with Crippen LogP contribution in [0.3, 0.4) is 0 Å². The summed E-state index contributed by atoms with van der Waals surface area (Å²) < 4.78 is 5.32. The molecule has 1 N–H and O–H groups in total. The van der Waals surface area contributed by atoms with Crippen LogP contribution in [0.2, 0.25) is 0 Å². The molecule has 0 radical (unpaired) electrons. The largest absolute Gasteiger partial charge is 0.476 e. The van der Waals surface area contributed by atoms with Crippen molar-refractivity contribution in [3.8, 4) is 10.8 Å². The van der Waals surface area contributed by atoms with E-state index in [4.69, 9.17) is 9.52 Å². The molecular formula is C9H7NO3S. The van der Waals surface area contributed by atoms with Crippen LogP contribution in [-0.2, 0) is 0 Å². The van der Waals surface area contributed by atoms with Crippen LogP contribution < -0.4 is 0 Å². The number of aryl methyl sites for hydroxylation is 1. The Balaban J connectivity index is 2.38. The van der Waals surface area contributed by atoms with E-state index >= 15 is 0 Å². The van der Waals surface area contributed by atoms with E-state index in [1.165, 1.54) is 16.7 Å². The molecule has 0 spiro atoms. The third kappa shape index (κ3) is 1.54. The summed E-state index contributed by atoms with van der Waals surface area (Å²) >= 11 is 1.26. The van der Waals surface area contributed by atoms with Gasteiger partial charge in [0.1, 0.15) is 5.76 Å². The highest BCUT2D eigenvalue weighted by molar-refractivity contribution is 7.13. The molecule has 0 amide bonds. The van der Waals surface area contributed by atoms with Crippen molar-refractivity contribution in [2.75, 3.05) is 0 Å². The zero-order valence-corrected chi connectivity index (χ0v) is 8.17. The molecule has 4 nitrogen and oxygen atoms in total. The fourth-order valence-corrected chi connectivity index (χ4v) is 1.79. The molecule has 2 aromatic rings. The maximum absolute atomic E-state index is 10.6. The highest BCUT2D eigenvalue weighted by atomic mass is 32.1. The fraction of sp³-hybridized carbons (Fsp3) is 0.111. The van der Waals surface area contributed by atoms with Gasteiger partial charge in [-0.1, -0.05) is 0 Å². The molecule has 2 heterocycles. The Bertz CT molecular complexity index is 472. The lowest BCUT2D eigenvalue weighted by Crippen LogP contribution is -1.95. The average Bonchev–Trinajstić information content (AvgIpc) is 2.70. The zero-order valence-electron chi connectivity index (χ0n) is 7.35. The standard InChI is InChI=1S/C9H7NO3S/c1-5-2-3-7(13-5)8-10-6(4-14-8)9(11)12/h2-4H,1H3,(H,11,12). The van der Waals surface area contributed by atoms with Crippen molar-refractivity contribution in [3.63, 3.8) is 0 Å². The third-order valence-corrected chi connectivity index (χ3v) is 2.53. The minimum absolute atomic E-state index is 0.0547. The molecular weight excluding hydrogens is 202 g/mol. The van der Waals surface area contributed by atoms with Gasteiger partial charge in [-0.15, -0.1) is 11.3 Å². The fourth-order valence-electron chi connectivity index (χ4n) is 1.03. The van der Waals surface area contributed by atoms with Crippen LogP contribution in [0.1, 0.15) is 16.2 Å². The molecule has 0 saturated heterocycles. The van der Waals surface area contributed by atoms with Gasteiger partial charge in [0.05, 0.1) is 0 Å². The maximum atomic E-state index is 10.6. The van der Waals surface area contributed by atoms with Crippen LogP contribution >= 0.6 is 11.3 Å². The number of hydrogen-bond donors (Lipinski definition) is 1. The number of aromatic nitrogens is 1. The number of furan rings is 1. The van der Waals surface area contributed by atoms with Crippen LogP contribution in [-0.4, -0.2) is 16.1 Å². The van der Waals surface area contributed by atoms with Crippen LogP contribution in [0.5, 0.6) is 0 Å². The van der Waals surface area contributed by atoms with E-state index in [-0.39, 0.29) is 5.69 Å². The smallest absolute Gasteiger partial charge is 0.355 e. The van der Waals surface area contributed by atoms with Crippen LogP contribution in [0, 0.1) is 6.92 Å². The Labute approximate surface area is 83.8 Å². The summed E-state index contributed by atoms with van der Waals surface area (Å²) in [4.78, 5) is 14.5. The van der Waals surface area contributed by atoms with Crippen LogP contribution in [0.25, 0.3) is 10.8 Å². The number of nitrogens with zero attached hydrogens (tertiary/aromatic N) is 1. The molecule has 2 aromatic heterocycles. The van der Waals surface area contributed by atoms with Gasteiger partial charge < -0.3 is 9.52 Å². The summed E-state index contributed by atoms with van der Waals surface area (Å²) in [5, 5.41) is 10.8. The zero-order chi connectivity index (χ0) is 10.1. The Hall–Kier alpha value is -1.62. The van der Waals surface area contributed by atoms with Crippen molar-refractivity contribution in [1.82, 2.24) is 4.98 Å². The second kappa shape index (κ2) is 3.26. The number of thiazole rings is 1. The normalized spacial score (nSPS) is 10.4. The van der Waals surface area contributed by atoms with Crippen molar-refractivity contribution in [2.24, 2.45) is 0 Å². The van der Waals surface area contributed by atoms with Crippen molar-refractivity contribution in [3.05, 3.63) is 29.0 Å². The van der Waals surface area contributed by atoms with E-state index in [0.717, 1.165) is 5.76 Å². The van der Waals surface area contributed by atoms with Crippen molar-refractivity contribution in [1.29, 1.82) is 0 Å². The first kappa shape index (κ1) is 8.96. The molecule has 0 bridgehead atoms. The molecule has 0 aliphatic rings. The van der Waals surface area contributed by atoms with Gasteiger partial charge in [0, 0.05) is 5.38 Å². The van der Waals surface area contributed by atoms with Crippen LogP contribution in [0.15, 0.2) is 21.9 Å². The predicted molar refractivity (Wildman–Crippen MR) is 51.5 cm³/mol. The quantitative estimate of drug-likeness (QED) is 0.824. The molecule has 0 saturated carbocycles. The lowest BCUT2D eigenvalue weighted by molar-refractivity contribution is 0.0691. The number of carboxylic acid groups (broad SMARTS) is 1. The molecule has 0 aliphatic heterocycles. The molecule has 0 aromatic carbocycles. The van der Waals surface area contributed by atoms with Crippen molar-refractivity contribution < 1.29 is 14.3 Å². The first-order valence-electron chi connectivity index (χ1n) is 3.92. The summed E-state index contributed by atoms with van der Waals surface area (Å²) in [5.41, 5.74) is 0.0547. The molecule has 5 heteroatoms. The first-order chi connectivity index (χ1) is 6.66. The lowest BCUT2D eigenvalue weighted by atomic mass is 10.4. The van der Waals surface area contributed by atoms with Gasteiger partial charge >= 0.3 is 5.97 Å². The predicted octanol–water partition coefficient (Wildman–Crippen LogP) is 2.41. The third-order valence-electron chi connectivity index (χ3n) is 1.67. The minimum atomic E-state index is -1.02. The second-order valence-electron chi connectivity index (χ2n) is 2.75. The van der Waals surface area contributed by atoms with Gasteiger partial charge in [0.25, 0.3) is 0 Å². The lowest BCUT2D eigenvalue weighted by Gasteiger charge is -1.87. The van der Waals surface area contributed by atoms with E-state index < -0.39 is 5.97 Å². The Morgan fingerprint density at radius 3 is 2.86 bits per heavy atom. The topological polar surface area (TPSA) is 63.3 Å². The SMILES string of the molecule is Cc1ccc(-c2nc(C(=O)O)cs2)o1. The van der Waals surface area contributed by atoms with E-state index in [2.05, 4.69) is 4.98 Å². The van der Waals surface area contributed by atoms with E-state index in [9.17, 15) is 4.79 Å². The van der Waals surface area contributed by atoms with Gasteiger partial charge in [-0.2, -0.15) is 0 Å². The highest BCUT2D eigenvalue weighted by Crippen LogP contribution is 2.25. The number of carboxylic acids is 1. The monoisotopic (exact) mass is 209 g/mol. The van der Waals surface area contributed by atoms with Gasteiger partial charge in [0.2, 0.25) is 0 Å². The first-order valence-corrected chi connectivity index (χ1v) is 4.80. The van der Waals surface area contributed by atoms with E-state index in [0.29, 0.717) is 10.8 Å². The maximum Gasteiger partial charge on any atom is 0.355 e. The van der Waals surface area contributed by atoms with Gasteiger partial charge in [-0.25, -0.2) is 9.78 Å². The molecule has 0 fully saturated rings. The molecule has 72 valence electrons. The minimum Gasteiger partial charge on any atom is -0.476 e. The summed E-state index contributed by atoms with van der Waals surface area (Å²) in [6, 6.07) is 3.59. The number of hydrogen-bond acceptors (Lipinski definition) is 4.